The zero-order chi connectivity index (χ0) is 16.3. The third-order valence-corrected chi connectivity index (χ3v) is 4.06. The predicted octanol–water partition coefficient (Wildman–Crippen LogP) is 4.01. The summed E-state index contributed by atoms with van der Waals surface area (Å²) in [5.74, 6) is -0.876. The number of alkyl halides is 3. The van der Waals surface area contributed by atoms with Crippen LogP contribution in [0.3, 0.4) is 0 Å². The molecule has 0 bridgehead atoms. The van der Waals surface area contributed by atoms with Gasteiger partial charge < -0.3 is 4.90 Å². The van der Waals surface area contributed by atoms with E-state index in [0.29, 0.717) is 24.0 Å². The number of likely N-dealkylation sites (tertiary alicyclic amines) is 1. The molecule has 1 heterocycles. The highest BCUT2D eigenvalue weighted by Crippen LogP contribution is 2.32. The van der Waals surface area contributed by atoms with Gasteiger partial charge >= 0.3 is 6.18 Å². The number of amides is 1. The molecule has 1 aliphatic rings. The first-order valence-corrected chi connectivity index (χ1v) is 7.40. The Labute approximate surface area is 127 Å². The average molecular weight is 317 g/mol. The first-order valence-electron chi connectivity index (χ1n) is 7.40. The summed E-state index contributed by atoms with van der Waals surface area (Å²) in [5.41, 5.74) is 1.13. The molecule has 2 rings (SSSR count). The summed E-state index contributed by atoms with van der Waals surface area (Å²) in [6.07, 6.45) is -3.12. The number of carbonyl (C=O) groups excluding carboxylic acids is 1. The summed E-state index contributed by atoms with van der Waals surface area (Å²) >= 11 is 0. The maximum Gasteiger partial charge on any atom is 0.408 e. The molecular weight excluding hydrogens is 298 g/mol. The number of hydrogen-bond acceptors (Lipinski definition) is 1. The lowest BCUT2D eigenvalue weighted by Gasteiger charge is -2.36. The first-order chi connectivity index (χ1) is 10.3. The van der Waals surface area contributed by atoms with Crippen molar-refractivity contribution in [3.05, 3.63) is 35.1 Å². The number of carbonyl (C=O) groups is 1. The molecule has 0 aliphatic carbocycles. The van der Waals surface area contributed by atoms with Gasteiger partial charge in [-0.25, -0.2) is 4.39 Å². The molecule has 22 heavy (non-hydrogen) atoms. The van der Waals surface area contributed by atoms with Crippen molar-refractivity contribution >= 4 is 5.91 Å². The molecule has 1 fully saturated rings. The van der Waals surface area contributed by atoms with Crippen LogP contribution in [0, 0.1) is 12.7 Å². The molecule has 6 heteroatoms. The molecule has 0 radical (unpaired) electrons. The van der Waals surface area contributed by atoms with Crippen LogP contribution in [0.25, 0.3) is 0 Å². The third-order valence-electron chi connectivity index (χ3n) is 4.06. The molecule has 1 saturated heterocycles. The SMILES string of the molecule is Cc1ccc(CCC(=O)N2CCCCC2C(F)(F)F)cc1F. The molecule has 1 aromatic rings. The fourth-order valence-electron chi connectivity index (χ4n) is 2.76. The van der Waals surface area contributed by atoms with Crippen LogP contribution in [-0.4, -0.2) is 29.6 Å². The Bertz CT molecular complexity index is 541. The number of halogens is 4. The lowest BCUT2D eigenvalue weighted by molar-refractivity contribution is -0.195. The highest BCUT2D eigenvalue weighted by molar-refractivity contribution is 5.77. The normalized spacial score (nSPS) is 19.3. The Morgan fingerprint density at radius 1 is 1.32 bits per heavy atom. The van der Waals surface area contributed by atoms with E-state index in [4.69, 9.17) is 0 Å². The molecule has 0 aromatic heterocycles. The van der Waals surface area contributed by atoms with E-state index < -0.39 is 18.1 Å². The smallest absolute Gasteiger partial charge is 0.331 e. The number of nitrogens with zero attached hydrogens (tertiary/aromatic N) is 1. The van der Waals surface area contributed by atoms with Gasteiger partial charge in [-0.2, -0.15) is 13.2 Å². The zero-order valence-electron chi connectivity index (χ0n) is 12.4. The average Bonchev–Trinajstić information content (AvgIpc) is 2.47. The van der Waals surface area contributed by atoms with E-state index in [0.717, 1.165) is 4.90 Å². The molecule has 1 atom stereocenters. The van der Waals surface area contributed by atoms with Crippen LogP contribution >= 0.6 is 0 Å². The zero-order valence-corrected chi connectivity index (χ0v) is 12.4. The van der Waals surface area contributed by atoms with Gasteiger partial charge in [-0.3, -0.25) is 4.79 Å². The summed E-state index contributed by atoms with van der Waals surface area (Å²) in [5, 5.41) is 0. The van der Waals surface area contributed by atoms with Gasteiger partial charge in [-0.15, -0.1) is 0 Å². The van der Waals surface area contributed by atoms with Crippen molar-refractivity contribution < 1.29 is 22.4 Å². The summed E-state index contributed by atoms with van der Waals surface area (Å²) in [4.78, 5) is 13.1. The summed E-state index contributed by atoms with van der Waals surface area (Å²) in [6.45, 7) is 1.77. The molecule has 1 unspecified atom stereocenters. The third kappa shape index (κ3) is 3.99. The Morgan fingerprint density at radius 3 is 2.68 bits per heavy atom. The lowest BCUT2D eigenvalue weighted by atomic mass is 10.00. The first kappa shape index (κ1) is 16.8. The maximum absolute atomic E-state index is 13.4. The van der Waals surface area contributed by atoms with Crippen LogP contribution in [0.4, 0.5) is 17.6 Å². The van der Waals surface area contributed by atoms with Gasteiger partial charge in [-0.05, 0) is 49.8 Å². The van der Waals surface area contributed by atoms with Crippen molar-refractivity contribution in [2.24, 2.45) is 0 Å². The Morgan fingerprint density at radius 2 is 2.05 bits per heavy atom. The molecule has 122 valence electrons. The van der Waals surface area contributed by atoms with Crippen LogP contribution < -0.4 is 0 Å². The van der Waals surface area contributed by atoms with Gasteiger partial charge in [0, 0.05) is 13.0 Å². The minimum atomic E-state index is -4.38. The number of aryl methyl sites for hydroxylation is 2. The largest absolute Gasteiger partial charge is 0.408 e. The van der Waals surface area contributed by atoms with Crippen LogP contribution in [0.1, 0.15) is 36.8 Å². The van der Waals surface area contributed by atoms with Crippen molar-refractivity contribution in [2.45, 2.75) is 51.2 Å². The second kappa shape index (κ2) is 6.67. The summed E-state index contributed by atoms with van der Waals surface area (Å²) in [6, 6.07) is 2.96. The minimum absolute atomic E-state index is 0.0327. The van der Waals surface area contributed by atoms with Crippen molar-refractivity contribution in [2.75, 3.05) is 6.54 Å². The van der Waals surface area contributed by atoms with E-state index in [9.17, 15) is 22.4 Å². The Balaban J connectivity index is 1.99. The standard InChI is InChI=1S/C16H19F4NO/c1-11-5-6-12(10-13(11)17)7-8-15(22)21-9-3-2-4-14(21)16(18,19)20/h5-6,10,14H,2-4,7-9H2,1H3. The van der Waals surface area contributed by atoms with E-state index in [1.807, 2.05) is 0 Å². The molecule has 1 aliphatic heterocycles. The molecule has 1 aromatic carbocycles. The van der Waals surface area contributed by atoms with Crippen LogP contribution in [-0.2, 0) is 11.2 Å². The Hall–Kier alpha value is -1.59. The van der Waals surface area contributed by atoms with Crippen LogP contribution in [0.15, 0.2) is 18.2 Å². The lowest BCUT2D eigenvalue weighted by Crippen LogP contribution is -2.51. The van der Waals surface area contributed by atoms with Crippen LogP contribution in [0.2, 0.25) is 0 Å². The molecule has 0 saturated carbocycles. The monoisotopic (exact) mass is 317 g/mol. The van der Waals surface area contributed by atoms with Gasteiger partial charge in [-0.1, -0.05) is 12.1 Å². The fourth-order valence-corrected chi connectivity index (χ4v) is 2.76. The van der Waals surface area contributed by atoms with Gasteiger partial charge in [0.2, 0.25) is 5.91 Å². The predicted molar refractivity (Wildman–Crippen MR) is 74.9 cm³/mol. The highest BCUT2D eigenvalue weighted by Gasteiger charge is 2.45. The van der Waals surface area contributed by atoms with Gasteiger partial charge in [0.25, 0.3) is 0 Å². The number of benzene rings is 1. The van der Waals surface area contributed by atoms with Crippen molar-refractivity contribution in [1.29, 1.82) is 0 Å². The van der Waals surface area contributed by atoms with E-state index in [-0.39, 0.29) is 31.6 Å². The van der Waals surface area contributed by atoms with Crippen molar-refractivity contribution in [1.82, 2.24) is 4.90 Å². The minimum Gasteiger partial charge on any atom is -0.331 e. The van der Waals surface area contributed by atoms with E-state index in [2.05, 4.69) is 0 Å². The van der Waals surface area contributed by atoms with Gasteiger partial charge in [0.1, 0.15) is 11.9 Å². The molecule has 1 amide bonds. The van der Waals surface area contributed by atoms with E-state index >= 15 is 0 Å². The molecule has 0 spiro atoms. The van der Waals surface area contributed by atoms with Crippen molar-refractivity contribution in [3.8, 4) is 0 Å². The summed E-state index contributed by atoms with van der Waals surface area (Å²) in [7, 11) is 0. The van der Waals surface area contributed by atoms with Crippen molar-refractivity contribution in [3.63, 3.8) is 0 Å². The number of hydrogen-bond donors (Lipinski definition) is 0. The maximum atomic E-state index is 13.4. The molecular formula is C16H19F4NO. The quantitative estimate of drug-likeness (QED) is 0.771. The van der Waals surface area contributed by atoms with Gasteiger partial charge in [0.05, 0.1) is 0 Å². The number of rotatable bonds is 3. The van der Waals surface area contributed by atoms with E-state index in [1.54, 1.807) is 19.1 Å². The topological polar surface area (TPSA) is 20.3 Å². The van der Waals surface area contributed by atoms with E-state index in [1.165, 1.54) is 6.07 Å². The molecule has 0 N–H and O–H groups in total. The van der Waals surface area contributed by atoms with Crippen LogP contribution in [0.5, 0.6) is 0 Å². The number of piperidine rings is 1. The summed E-state index contributed by atoms with van der Waals surface area (Å²) < 4.78 is 52.3. The second-order valence-electron chi connectivity index (χ2n) is 5.72. The second-order valence-corrected chi connectivity index (χ2v) is 5.72. The molecule has 2 nitrogen and oxygen atoms in total. The Kier molecular flexibility index (Phi) is 5.08. The fraction of sp³-hybridized carbons (Fsp3) is 0.562. The van der Waals surface area contributed by atoms with Gasteiger partial charge in [0.15, 0.2) is 0 Å². The highest BCUT2D eigenvalue weighted by atomic mass is 19.4.